The Morgan fingerprint density at radius 2 is 1.80 bits per heavy atom. The predicted octanol–water partition coefficient (Wildman–Crippen LogP) is 3.66. The zero-order valence-electron chi connectivity index (χ0n) is 15.0. The molecule has 0 bridgehead atoms. The fraction of sp³-hybridized carbons (Fsp3) is 0.632. The first-order chi connectivity index (χ1) is 11.7. The van der Waals surface area contributed by atoms with Gasteiger partial charge < -0.3 is 4.90 Å². The normalized spacial score (nSPS) is 16.8. The summed E-state index contributed by atoms with van der Waals surface area (Å²) in [7, 11) is 1.21. The van der Waals surface area contributed by atoms with E-state index in [1.165, 1.54) is 18.2 Å². The van der Waals surface area contributed by atoms with Crippen LogP contribution in [0.5, 0.6) is 0 Å². The highest BCUT2D eigenvalue weighted by Crippen LogP contribution is 2.23. The second-order valence-corrected chi connectivity index (χ2v) is 7.11. The van der Waals surface area contributed by atoms with Crippen LogP contribution in [-0.4, -0.2) is 55.1 Å². The molecule has 0 atom stereocenters. The number of amides is 1. The maximum Gasteiger partial charge on any atom is 0.406 e. The molecule has 0 radical (unpaired) electrons. The number of aryl methyl sites for hydroxylation is 2. The van der Waals surface area contributed by atoms with Crippen molar-refractivity contribution < 1.29 is 18.0 Å². The molecule has 1 fully saturated rings. The Labute approximate surface area is 147 Å². The van der Waals surface area contributed by atoms with Crippen molar-refractivity contribution in [3.63, 3.8) is 0 Å². The van der Waals surface area contributed by atoms with Crippen molar-refractivity contribution in [1.82, 2.24) is 9.80 Å². The van der Waals surface area contributed by atoms with Crippen LogP contribution in [0, 0.1) is 12.8 Å². The van der Waals surface area contributed by atoms with Gasteiger partial charge in [-0.05, 0) is 57.2 Å². The van der Waals surface area contributed by atoms with Crippen LogP contribution in [0.1, 0.15) is 30.4 Å². The second kappa shape index (κ2) is 8.70. The van der Waals surface area contributed by atoms with E-state index < -0.39 is 18.6 Å². The molecule has 2 rings (SSSR count). The smallest absolute Gasteiger partial charge is 0.336 e. The first kappa shape index (κ1) is 19.8. The lowest BCUT2D eigenvalue weighted by Gasteiger charge is -2.32. The first-order valence-corrected chi connectivity index (χ1v) is 8.81. The molecule has 1 saturated heterocycles. The fourth-order valence-corrected chi connectivity index (χ4v) is 3.23. The van der Waals surface area contributed by atoms with Crippen LogP contribution in [0.4, 0.5) is 13.2 Å². The van der Waals surface area contributed by atoms with Crippen LogP contribution in [-0.2, 0) is 11.2 Å². The van der Waals surface area contributed by atoms with Crippen molar-refractivity contribution >= 4 is 5.91 Å². The number of benzene rings is 1. The highest BCUT2D eigenvalue weighted by atomic mass is 19.4. The molecule has 6 heteroatoms. The van der Waals surface area contributed by atoms with Crippen molar-refractivity contribution in [2.75, 3.05) is 33.2 Å². The zero-order chi connectivity index (χ0) is 18.4. The van der Waals surface area contributed by atoms with Crippen molar-refractivity contribution in [2.24, 2.45) is 5.92 Å². The van der Waals surface area contributed by atoms with Gasteiger partial charge in [-0.15, -0.1) is 0 Å². The molecule has 0 aliphatic carbocycles. The number of piperidine rings is 1. The van der Waals surface area contributed by atoms with E-state index in [1.54, 1.807) is 0 Å². The Kier molecular flexibility index (Phi) is 6.87. The predicted molar refractivity (Wildman–Crippen MR) is 92.4 cm³/mol. The summed E-state index contributed by atoms with van der Waals surface area (Å²) in [6.45, 7) is 2.54. The summed E-state index contributed by atoms with van der Waals surface area (Å²) in [5, 5.41) is 0. The average Bonchev–Trinajstić information content (AvgIpc) is 2.54. The highest BCUT2D eigenvalue weighted by molar-refractivity contribution is 5.78. The molecule has 1 amide bonds. The number of halogens is 3. The van der Waals surface area contributed by atoms with Gasteiger partial charge in [0.1, 0.15) is 6.54 Å². The maximum absolute atomic E-state index is 12.3. The van der Waals surface area contributed by atoms with Crippen LogP contribution >= 0.6 is 0 Å². The van der Waals surface area contributed by atoms with Crippen molar-refractivity contribution in [2.45, 2.75) is 38.8 Å². The number of likely N-dealkylation sites (N-methyl/N-ethyl adjacent to an activating group) is 1. The number of hydrogen-bond donors (Lipinski definition) is 0. The molecule has 1 aromatic carbocycles. The van der Waals surface area contributed by atoms with Gasteiger partial charge in [0.25, 0.3) is 0 Å². The third-order valence-electron chi connectivity index (χ3n) is 4.87. The Bertz CT molecular complexity index is 549. The van der Waals surface area contributed by atoms with Gasteiger partial charge in [0.05, 0.1) is 6.54 Å². The Hall–Kier alpha value is -1.56. The summed E-state index contributed by atoms with van der Waals surface area (Å²) < 4.78 is 37.0. The van der Waals surface area contributed by atoms with Crippen molar-refractivity contribution in [3.8, 4) is 0 Å². The molecule has 1 aliphatic rings. The lowest BCUT2D eigenvalue weighted by molar-refractivity contribution is -0.159. The van der Waals surface area contributed by atoms with E-state index in [9.17, 15) is 18.0 Å². The van der Waals surface area contributed by atoms with Gasteiger partial charge >= 0.3 is 6.18 Å². The van der Waals surface area contributed by atoms with E-state index in [4.69, 9.17) is 0 Å². The summed E-state index contributed by atoms with van der Waals surface area (Å²) >= 11 is 0. The molecule has 1 aromatic rings. The van der Waals surface area contributed by atoms with Crippen molar-refractivity contribution in [3.05, 3.63) is 35.4 Å². The Morgan fingerprint density at radius 3 is 2.36 bits per heavy atom. The molecule has 25 heavy (non-hydrogen) atoms. The van der Waals surface area contributed by atoms with Crippen LogP contribution in [0.3, 0.4) is 0 Å². The van der Waals surface area contributed by atoms with E-state index in [0.717, 1.165) is 43.7 Å². The fourth-order valence-electron chi connectivity index (χ4n) is 3.23. The van der Waals surface area contributed by atoms with Crippen LogP contribution in [0.2, 0.25) is 0 Å². The quantitative estimate of drug-likeness (QED) is 0.777. The molecule has 1 aliphatic heterocycles. The van der Waals surface area contributed by atoms with Crippen LogP contribution in [0.25, 0.3) is 0 Å². The number of rotatable bonds is 6. The number of nitrogens with zero attached hydrogens (tertiary/aromatic N) is 2. The second-order valence-electron chi connectivity index (χ2n) is 7.11. The molecule has 3 nitrogen and oxygen atoms in total. The van der Waals surface area contributed by atoms with E-state index in [2.05, 4.69) is 31.2 Å². The first-order valence-electron chi connectivity index (χ1n) is 8.81. The molecule has 0 N–H and O–H groups in total. The number of alkyl halides is 3. The molecular weight excluding hydrogens is 329 g/mol. The highest BCUT2D eigenvalue weighted by Gasteiger charge is 2.32. The Morgan fingerprint density at radius 1 is 1.20 bits per heavy atom. The summed E-state index contributed by atoms with van der Waals surface area (Å²) in [6, 6.07) is 8.58. The minimum Gasteiger partial charge on any atom is -0.336 e. The lowest BCUT2D eigenvalue weighted by Crippen LogP contribution is -2.44. The van der Waals surface area contributed by atoms with E-state index in [-0.39, 0.29) is 6.54 Å². The van der Waals surface area contributed by atoms with Gasteiger partial charge in [-0.3, -0.25) is 9.69 Å². The van der Waals surface area contributed by atoms with Gasteiger partial charge in [-0.2, -0.15) is 13.2 Å². The topological polar surface area (TPSA) is 23.6 Å². The minimum absolute atomic E-state index is 0.0806. The van der Waals surface area contributed by atoms with E-state index in [0.29, 0.717) is 5.92 Å². The third kappa shape index (κ3) is 7.06. The summed E-state index contributed by atoms with van der Waals surface area (Å²) in [5.74, 6) is 0.163. The number of likely N-dealkylation sites (tertiary alicyclic amines) is 1. The molecule has 0 spiro atoms. The average molecular weight is 356 g/mol. The number of carbonyl (C=O) groups excluding carboxylic acids is 1. The van der Waals surface area contributed by atoms with Crippen molar-refractivity contribution in [1.29, 1.82) is 0 Å². The standard InChI is InChI=1S/C19H27F3N2O/c1-15-3-5-16(6-4-15)7-8-17-9-11-24(12-10-17)13-18(25)23(2)14-19(20,21)22/h3-6,17H,7-14H2,1-2H3. The maximum atomic E-state index is 12.3. The van der Waals surface area contributed by atoms with E-state index in [1.807, 2.05) is 4.90 Å². The summed E-state index contributed by atoms with van der Waals surface area (Å²) in [6.07, 6.45) is -0.158. The van der Waals surface area contributed by atoms with Gasteiger partial charge in [0, 0.05) is 7.05 Å². The zero-order valence-corrected chi connectivity index (χ0v) is 15.0. The molecule has 1 heterocycles. The summed E-state index contributed by atoms with van der Waals surface area (Å²) in [4.78, 5) is 14.6. The number of carbonyl (C=O) groups is 1. The molecule has 0 aromatic heterocycles. The minimum atomic E-state index is -4.34. The summed E-state index contributed by atoms with van der Waals surface area (Å²) in [5.41, 5.74) is 2.61. The van der Waals surface area contributed by atoms with E-state index >= 15 is 0 Å². The monoisotopic (exact) mass is 356 g/mol. The van der Waals surface area contributed by atoms with Gasteiger partial charge in [-0.25, -0.2) is 0 Å². The van der Waals surface area contributed by atoms with Crippen LogP contribution < -0.4 is 0 Å². The SMILES string of the molecule is Cc1ccc(CCC2CCN(CC(=O)N(C)CC(F)(F)F)CC2)cc1. The van der Waals surface area contributed by atoms with Gasteiger partial charge in [0.15, 0.2) is 0 Å². The third-order valence-corrected chi connectivity index (χ3v) is 4.87. The van der Waals surface area contributed by atoms with Crippen LogP contribution in [0.15, 0.2) is 24.3 Å². The molecule has 0 unspecified atom stereocenters. The molecule has 0 saturated carbocycles. The largest absolute Gasteiger partial charge is 0.406 e. The number of hydrogen-bond acceptors (Lipinski definition) is 2. The van der Waals surface area contributed by atoms with Gasteiger partial charge in [0.2, 0.25) is 5.91 Å². The Balaban J connectivity index is 1.68. The molecular formula is C19H27F3N2O. The van der Waals surface area contributed by atoms with Gasteiger partial charge in [-0.1, -0.05) is 29.8 Å². The molecule has 140 valence electrons. The lowest BCUT2D eigenvalue weighted by atomic mass is 9.90.